The number of rotatable bonds is 9. The largest absolute Gasteiger partial charge is 2.00 e. The van der Waals surface area contributed by atoms with Crippen LogP contribution in [0, 0.1) is 154 Å². The van der Waals surface area contributed by atoms with Crippen LogP contribution >= 0.6 is 0 Å². The first-order chi connectivity index (χ1) is 21.8. The number of allylic oxidation sites excluding steroid dienone is 2. The van der Waals surface area contributed by atoms with E-state index in [4.69, 9.17) is 0 Å². The van der Waals surface area contributed by atoms with E-state index in [9.17, 15) is 0 Å². The van der Waals surface area contributed by atoms with Gasteiger partial charge < -0.3 is 13.8 Å². The van der Waals surface area contributed by atoms with Crippen LogP contribution in [0.15, 0.2) is 71.8 Å². The Kier molecular flexibility index (Phi) is 34.3. The van der Waals surface area contributed by atoms with Crippen LogP contribution in [0.25, 0.3) is 0 Å². The van der Waals surface area contributed by atoms with Crippen molar-refractivity contribution in [1.82, 2.24) is 0 Å². The number of unbranched alkanes of at least 4 members (excludes halogenated alkanes) is 1. The van der Waals surface area contributed by atoms with Gasteiger partial charge in [-0.1, -0.05) is 25.0 Å². The topological polar surface area (TPSA) is 0 Å². The molecule has 0 heterocycles. The van der Waals surface area contributed by atoms with Gasteiger partial charge in [0, 0.05) is 0 Å². The van der Waals surface area contributed by atoms with Crippen molar-refractivity contribution < 1.29 is 52.4 Å². The van der Waals surface area contributed by atoms with Gasteiger partial charge in [0.15, 0.2) is 0 Å². The molecule has 0 saturated heterocycles. The summed E-state index contributed by atoms with van der Waals surface area (Å²) < 4.78 is 0. The third-order valence-corrected chi connectivity index (χ3v) is 6.22. The summed E-state index contributed by atoms with van der Waals surface area (Å²) in [6.07, 6.45) is 53.1. The number of benzene rings is 2. The van der Waals surface area contributed by atoms with Crippen LogP contribution in [0.1, 0.15) is 49.7 Å². The monoisotopic (exact) mass is 754 g/mol. The Morgan fingerprint density at radius 1 is 0.370 bits per heavy atom. The maximum Gasteiger partial charge on any atom is 2.00 e. The van der Waals surface area contributed by atoms with Gasteiger partial charge in [0.2, 0.25) is 0 Å². The van der Waals surface area contributed by atoms with E-state index < -0.39 is 0 Å². The van der Waals surface area contributed by atoms with Gasteiger partial charge in [-0.15, -0.1) is 24.3 Å². The maximum absolute atomic E-state index is 4.04. The molecule has 0 bridgehead atoms. The van der Waals surface area contributed by atoms with Gasteiger partial charge in [0.25, 0.3) is 0 Å². The second-order valence-corrected chi connectivity index (χ2v) is 9.75. The predicted octanol–water partition coefficient (Wildman–Crippen LogP) is 10.6. The molecule has 0 spiro atoms. The summed E-state index contributed by atoms with van der Waals surface area (Å²) in [6.45, 7) is 8.08. The molecule has 6 rings (SSSR count). The van der Waals surface area contributed by atoms with Gasteiger partial charge in [-0.05, 0) is 141 Å². The first-order valence-corrected chi connectivity index (χ1v) is 15.4. The van der Waals surface area contributed by atoms with Gasteiger partial charge in [-0.25, -0.2) is 0 Å². The summed E-state index contributed by atoms with van der Waals surface area (Å²) >= 11 is 0. The van der Waals surface area contributed by atoms with Crippen LogP contribution in [0.5, 0.6) is 0 Å². The third-order valence-electron chi connectivity index (χ3n) is 6.22. The molecular weight excluding hydrogens is 711 g/mol. The van der Waals surface area contributed by atoms with Crippen molar-refractivity contribution in [2.45, 2.75) is 38.5 Å². The quantitative estimate of drug-likeness (QED) is 0.177. The van der Waals surface area contributed by atoms with Crippen molar-refractivity contribution in [2.24, 2.45) is 0 Å². The summed E-state index contributed by atoms with van der Waals surface area (Å²) in [4.78, 5) is 0. The molecule has 0 aliphatic heterocycles. The molecule has 0 amide bonds. The van der Waals surface area contributed by atoms with Gasteiger partial charge in [-0.3, -0.25) is 0 Å². The zero-order valence-electron chi connectivity index (χ0n) is 27.0. The van der Waals surface area contributed by atoms with Crippen molar-refractivity contribution in [2.75, 3.05) is 0 Å². The molecule has 0 unspecified atom stereocenters. The summed E-state index contributed by atoms with van der Waals surface area (Å²) in [7, 11) is 0. The van der Waals surface area contributed by atoms with E-state index in [1.165, 1.54) is 11.1 Å². The average Bonchev–Trinajstić information content (AvgIpc) is 3.92. The molecule has 46 heavy (non-hydrogen) atoms. The van der Waals surface area contributed by atoms with E-state index in [2.05, 4.69) is 50.3 Å². The average molecular weight is 757 g/mol. The van der Waals surface area contributed by atoms with Gasteiger partial charge in [0.05, 0.1) is 0 Å². The molecule has 0 aromatic heterocycles. The Morgan fingerprint density at radius 2 is 0.587 bits per heavy atom. The molecule has 4 aliphatic rings. The van der Waals surface area contributed by atoms with Crippen molar-refractivity contribution >= 4 is 0 Å². The van der Waals surface area contributed by atoms with E-state index >= 15 is 0 Å². The molecule has 4 fully saturated rings. The van der Waals surface area contributed by atoms with E-state index in [0.29, 0.717) is 0 Å². The number of hydrogen-bond donors (Lipinski definition) is 0. The zero-order valence-corrected chi connectivity index (χ0v) is 31.9. The minimum atomic E-state index is 0. The van der Waals surface area contributed by atoms with Crippen LogP contribution in [0.4, 0.5) is 0 Å². The SMILES string of the molecule is [CH2-]CC(=[C-]c1ccccc1)CCCCC(=[C-]c1ccccc1)C[CH2-].[CH]1[CH][CH][CH][CH]1.[CH]1[CH][CH][CH][CH]1.[CH]1[CH][CH][CH][CH]1.[CH]1[CH][CH][CH][CH]1.[Zr+2].[Zr+2]. The van der Waals surface area contributed by atoms with E-state index in [1.807, 2.05) is 165 Å². The van der Waals surface area contributed by atoms with Crippen molar-refractivity contribution in [3.8, 4) is 0 Å². The molecule has 230 valence electrons. The van der Waals surface area contributed by atoms with Crippen LogP contribution in [-0.2, 0) is 52.4 Å². The molecule has 2 aromatic carbocycles. The molecule has 2 aromatic rings. The summed E-state index contributed by atoms with van der Waals surface area (Å²) in [5.41, 5.74) is 4.89. The Labute approximate surface area is 325 Å². The third kappa shape index (κ3) is 26.6. The van der Waals surface area contributed by atoms with Crippen molar-refractivity contribution in [3.63, 3.8) is 0 Å². The fraction of sp³-hybridized carbons (Fsp3) is 0.136. The van der Waals surface area contributed by atoms with Crippen LogP contribution < -0.4 is 0 Å². The van der Waals surface area contributed by atoms with Crippen molar-refractivity contribution in [3.05, 3.63) is 237 Å². The second-order valence-electron chi connectivity index (χ2n) is 9.75. The predicted molar refractivity (Wildman–Crippen MR) is 189 cm³/mol. The Hall–Kier alpha value is -0.314. The summed E-state index contributed by atoms with van der Waals surface area (Å²) in [5, 5.41) is 0. The minimum Gasteiger partial charge on any atom is -0.340 e. The normalized spacial score (nSPS) is 16.9. The maximum atomic E-state index is 4.04. The molecule has 0 N–H and O–H groups in total. The van der Waals surface area contributed by atoms with Gasteiger partial charge >= 0.3 is 52.4 Å². The molecule has 4 aliphatic carbocycles. The number of hydrogen-bond acceptors (Lipinski definition) is 0. The molecular formula is C44H46Zr2. The summed E-state index contributed by atoms with van der Waals surface area (Å²) in [6, 6.07) is 20.6. The van der Waals surface area contributed by atoms with Gasteiger partial charge in [0.1, 0.15) is 0 Å². The fourth-order valence-electron chi connectivity index (χ4n) is 3.91. The van der Waals surface area contributed by atoms with E-state index in [0.717, 1.165) is 49.7 Å². The fourth-order valence-corrected chi connectivity index (χ4v) is 3.91. The van der Waals surface area contributed by atoms with E-state index in [1.54, 1.807) is 0 Å². The van der Waals surface area contributed by atoms with Crippen molar-refractivity contribution in [1.29, 1.82) is 0 Å². The zero-order chi connectivity index (χ0) is 31.2. The summed E-state index contributed by atoms with van der Waals surface area (Å²) in [5.74, 6) is 0. The molecule has 4 saturated carbocycles. The standard InChI is InChI=1S/C24H26.4C5H5.2Zr/c1-3-21(19-23-15-7-5-8-16-23)13-11-12-14-22(4-2)20-24-17-9-6-10-18-24;4*1-2-4-5-3-1;;/h5-10,15-18H,1-4,11-14H2;4*1-5H;;/q-4;;;;;2*+2. The Bertz CT molecular complexity index is 800. The Balaban J connectivity index is 0.000000731. The van der Waals surface area contributed by atoms with Crippen LogP contribution in [-0.4, -0.2) is 0 Å². The second kappa shape index (κ2) is 34.5. The smallest absolute Gasteiger partial charge is 0.340 e. The van der Waals surface area contributed by atoms with E-state index in [-0.39, 0.29) is 52.4 Å². The molecule has 20 radical (unpaired) electrons. The molecule has 2 heteroatoms. The molecule has 0 nitrogen and oxygen atoms in total. The molecule has 0 atom stereocenters. The van der Waals surface area contributed by atoms with Crippen LogP contribution in [0.3, 0.4) is 0 Å². The minimum absolute atomic E-state index is 0. The van der Waals surface area contributed by atoms with Crippen LogP contribution in [0.2, 0.25) is 0 Å². The van der Waals surface area contributed by atoms with Gasteiger partial charge in [-0.2, -0.15) is 71.5 Å². The Morgan fingerprint density at radius 3 is 0.783 bits per heavy atom. The first-order valence-electron chi connectivity index (χ1n) is 15.4. The first kappa shape index (κ1) is 45.7.